The third-order valence-electron chi connectivity index (χ3n) is 9.09. The minimum atomic E-state index is -2.14. The van der Waals surface area contributed by atoms with Crippen LogP contribution in [0.2, 0.25) is 36.3 Å². The summed E-state index contributed by atoms with van der Waals surface area (Å²) in [6.07, 6.45) is -1.35. The van der Waals surface area contributed by atoms with Gasteiger partial charge in [-0.05, 0) is 54.3 Å². The van der Waals surface area contributed by atoms with Crippen LogP contribution < -0.4 is 0 Å². The molecule has 0 radical (unpaired) electrons. The van der Waals surface area contributed by atoms with E-state index in [4.69, 9.17) is 23.1 Å². The average Bonchev–Trinajstić information content (AvgIpc) is 2.87. The van der Waals surface area contributed by atoms with Gasteiger partial charge in [-0.2, -0.15) is 0 Å². The Labute approximate surface area is 253 Å². The summed E-state index contributed by atoms with van der Waals surface area (Å²) in [7, 11) is -4.14. The fourth-order valence-electron chi connectivity index (χ4n) is 4.34. The monoisotopic (exact) mass is 602 g/mol. The van der Waals surface area contributed by atoms with Gasteiger partial charge in [0.2, 0.25) is 0 Å². The van der Waals surface area contributed by atoms with E-state index in [1.54, 1.807) is 0 Å². The lowest BCUT2D eigenvalue weighted by Crippen LogP contribution is -2.63. The largest absolute Gasteiger partial charge is 0.414 e. The highest BCUT2D eigenvalue weighted by Gasteiger charge is 2.51. The summed E-state index contributed by atoms with van der Waals surface area (Å²) in [5.41, 5.74) is 2.25. The summed E-state index contributed by atoms with van der Waals surface area (Å²) in [5.74, 6) is 0. The molecule has 0 aromatic heterocycles. The maximum Gasteiger partial charge on any atom is 0.192 e. The van der Waals surface area contributed by atoms with Crippen LogP contribution in [0.4, 0.5) is 0 Å². The lowest BCUT2D eigenvalue weighted by Gasteiger charge is -2.50. The third-order valence-corrected chi connectivity index (χ3v) is 18.1. The van der Waals surface area contributed by atoms with E-state index in [0.717, 1.165) is 11.1 Å². The van der Waals surface area contributed by atoms with Gasteiger partial charge < -0.3 is 23.1 Å². The minimum absolute atomic E-state index is 0. The van der Waals surface area contributed by atoms with E-state index in [2.05, 4.69) is 98.9 Å². The zero-order valence-corrected chi connectivity index (χ0v) is 28.8. The summed E-state index contributed by atoms with van der Waals surface area (Å²) in [6, 6.07) is 20.6. The summed E-state index contributed by atoms with van der Waals surface area (Å²) < 4.78 is 34.0. The number of rotatable bonds is 11. The number of hydrogen-bond acceptors (Lipinski definition) is 5. The highest BCUT2D eigenvalue weighted by molar-refractivity contribution is 6.74. The predicted molar refractivity (Wildman–Crippen MR) is 176 cm³/mol. The molecule has 1 heterocycles. The van der Waals surface area contributed by atoms with Gasteiger partial charge in [-0.25, -0.2) is 0 Å². The maximum absolute atomic E-state index is 7.06. The molecule has 7 heteroatoms. The van der Waals surface area contributed by atoms with Crippen LogP contribution in [-0.4, -0.2) is 53.8 Å². The van der Waals surface area contributed by atoms with Crippen molar-refractivity contribution in [3.05, 3.63) is 71.8 Å². The first-order chi connectivity index (χ1) is 18.5. The van der Waals surface area contributed by atoms with Crippen molar-refractivity contribution in [1.29, 1.82) is 0 Å². The molecular weight excluding hydrogens is 545 g/mol. The Bertz CT molecular complexity index is 1030. The van der Waals surface area contributed by atoms with Crippen molar-refractivity contribution in [3.8, 4) is 0 Å². The number of ether oxygens (including phenoxy) is 3. The van der Waals surface area contributed by atoms with E-state index < -0.39 is 16.6 Å². The van der Waals surface area contributed by atoms with Crippen LogP contribution >= 0.6 is 0 Å². The molecule has 0 amide bonds. The van der Waals surface area contributed by atoms with Gasteiger partial charge in [0.15, 0.2) is 16.6 Å². The first-order valence-electron chi connectivity index (χ1n) is 14.8. The molecule has 0 N–H and O–H groups in total. The van der Waals surface area contributed by atoms with Gasteiger partial charge in [-0.3, -0.25) is 0 Å². The molecule has 1 saturated heterocycles. The van der Waals surface area contributed by atoms with Crippen LogP contribution in [0.15, 0.2) is 60.7 Å². The standard InChI is InChI=1S/C33H54O5Si2.CH4/c1-25-29(38-40(10,11)33(5,6)7)31(35-23-27-20-16-13-17-21-27)30(34-22-26-18-14-12-15-19-26)28(37-25)24-36-39(8,9)32(2,3)4;/h12-21,25,28-31H,22-24H2,1-11H3;1H4/t25-,28?,29?,30+,31?;/m0./s1. The van der Waals surface area contributed by atoms with E-state index >= 15 is 0 Å². The van der Waals surface area contributed by atoms with Crippen molar-refractivity contribution in [2.24, 2.45) is 0 Å². The Morgan fingerprint density at radius 1 is 0.659 bits per heavy atom. The molecule has 5 atom stereocenters. The Hall–Kier alpha value is -1.33. The Morgan fingerprint density at radius 3 is 1.54 bits per heavy atom. The Morgan fingerprint density at radius 2 is 1.10 bits per heavy atom. The van der Waals surface area contributed by atoms with Gasteiger partial charge in [0.25, 0.3) is 0 Å². The van der Waals surface area contributed by atoms with E-state index in [9.17, 15) is 0 Å². The van der Waals surface area contributed by atoms with Crippen molar-refractivity contribution >= 4 is 16.6 Å². The van der Waals surface area contributed by atoms with Crippen LogP contribution in [-0.2, 0) is 36.3 Å². The van der Waals surface area contributed by atoms with Gasteiger partial charge in [0.05, 0.1) is 32.0 Å². The van der Waals surface area contributed by atoms with Crippen molar-refractivity contribution in [2.45, 2.75) is 136 Å². The lowest BCUT2D eigenvalue weighted by molar-refractivity contribution is -0.250. The highest BCUT2D eigenvalue weighted by Crippen LogP contribution is 2.41. The summed E-state index contributed by atoms with van der Waals surface area (Å²) in [6.45, 7) is 26.3. The summed E-state index contributed by atoms with van der Waals surface area (Å²) in [4.78, 5) is 0. The van der Waals surface area contributed by atoms with E-state index in [0.29, 0.717) is 19.8 Å². The molecule has 0 aliphatic carbocycles. The second-order valence-electron chi connectivity index (χ2n) is 14.3. The molecular formula is C34H58O5Si2. The number of hydrogen-bond donors (Lipinski definition) is 0. The van der Waals surface area contributed by atoms with Gasteiger partial charge in [0, 0.05) is 0 Å². The van der Waals surface area contributed by atoms with Crippen LogP contribution in [0.5, 0.6) is 0 Å². The summed E-state index contributed by atoms with van der Waals surface area (Å²) >= 11 is 0. The lowest BCUT2D eigenvalue weighted by atomic mass is 9.95. The second kappa shape index (κ2) is 14.4. The van der Waals surface area contributed by atoms with Crippen molar-refractivity contribution in [2.75, 3.05) is 6.61 Å². The van der Waals surface area contributed by atoms with Crippen LogP contribution in [0.3, 0.4) is 0 Å². The van der Waals surface area contributed by atoms with Gasteiger partial charge in [0.1, 0.15) is 18.3 Å². The first kappa shape index (κ1) is 35.9. The molecule has 3 unspecified atom stereocenters. The van der Waals surface area contributed by atoms with Crippen molar-refractivity contribution in [3.63, 3.8) is 0 Å². The van der Waals surface area contributed by atoms with Crippen LogP contribution in [0, 0.1) is 0 Å². The molecule has 1 aliphatic rings. The molecule has 0 bridgehead atoms. The SMILES string of the molecule is C.C[C@@H]1OC(CO[Si](C)(C)C(C)(C)C)[C@@H](OCc2ccccc2)C(OCc2ccccc2)C1O[Si](C)(C)C(C)(C)C. The molecule has 2 aromatic rings. The second-order valence-corrected chi connectivity index (χ2v) is 23.9. The molecule has 2 aromatic carbocycles. The molecule has 5 nitrogen and oxygen atoms in total. The molecule has 1 fully saturated rings. The Kier molecular flexibility index (Phi) is 12.6. The average molecular weight is 603 g/mol. The maximum atomic E-state index is 7.06. The van der Waals surface area contributed by atoms with Gasteiger partial charge >= 0.3 is 0 Å². The van der Waals surface area contributed by atoms with E-state index in [1.165, 1.54) is 0 Å². The van der Waals surface area contributed by atoms with Gasteiger partial charge in [-0.1, -0.05) is 110 Å². The van der Waals surface area contributed by atoms with Gasteiger partial charge in [-0.15, -0.1) is 0 Å². The molecule has 3 rings (SSSR count). The van der Waals surface area contributed by atoms with Crippen molar-refractivity contribution < 1.29 is 23.1 Å². The normalized spacial score (nSPS) is 24.1. The zero-order valence-electron chi connectivity index (χ0n) is 26.8. The number of benzene rings is 2. The molecule has 232 valence electrons. The highest BCUT2D eigenvalue weighted by atomic mass is 28.4. The van der Waals surface area contributed by atoms with E-state index in [1.807, 2.05) is 36.4 Å². The van der Waals surface area contributed by atoms with Crippen LogP contribution in [0.1, 0.15) is 67.0 Å². The third kappa shape index (κ3) is 9.58. The summed E-state index contributed by atoms with van der Waals surface area (Å²) in [5, 5.41) is 0.157. The van der Waals surface area contributed by atoms with E-state index in [-0.39, 0.29) is 48.0 Å². The molecule has 0 spiro atoms. The zero-order chi connectivity index (χ0) is 29.8. The fraction of sp³-hybridized carbons (Fsp3) is 0.647. The Balaban J connectivity index is 0.00000588. The smallest absolute Gasteiger partial charge is 0.192 e. The topological polar surface area (TPSA) is 46.2 Å². The molecule has 1 aliphatic heterocycles. The quantitative estimate of drug-likeness (QED) is 0.240. The fourth-order valence-corrected chi connectivity index (χ4v) is 6.72. The molecule has 0 saturated carbocycles. The van der Waals surface area contributed by atoms with Crippen molar-refractivity contribution in [1.82, 2.24) is 0 Å². The predicted octanol–water partition coefficient (Wildman–Crippen LogP) is 8.99. The first-order valence-corrected chi connectivity index (χ1v) is 20.6. The minimum Gasteiger partial charge on any atom is -0.414 e. The van der Waals surface area contributed by atoms with Crippen LogP contribution in [0.25, 0.3) is 0 Å². The molecule has 41 heavy (non-hydrogen) atoms.